The molecule has 0 bridgehead atoms. The second-order valence-corrected chi connectivity index (χ2v) is 11.8. The quantitative estimate of drug-likeness (QED) is 0.339. The second-order valence-electron chi connectivity index (χ2n) is 9.89. The molecule has 1 N–H and O–H groups in total. The molecule has 39 heavy (non-hydrogen) atoms. The van der Waals surface area contributed by atoms with E-state index in [9.17, 15) is 18.0 Å². The van der Waals surface area contributed by atoms with Crippen molar-refractivity contribution < 1.29 is 18.0 Å². The number of benzene rings is 3. The Bertz CT molecular complexity index is 1350. The minimum absolute atomic E-state index is 0.0924. The van der Waals surface area contributed by atoms with Gasteiger partial charge in [-0.25, -0.2) is 8.42 Å². The molecule has 8 heteroatoms. The molecule has 0 aliphatic rings. The maximum atomic E-state index is 14.1. The molecule has 1 unspecified atom stereocenters. The zero-order valence-corrected chi connectivity index (χ0v) is 24.3. The first-order chi connectivity index (χ1) is 18.6. The lowest BCUT2D eigenvalue weighted by Crippen LogP contribution is -2.52. The SMILES string of the molecule is CCCNC(=O)C(CC)N(Cc1ccc(C)cc1)C(=O)CN(c1cc(C)cc(C)c1)S(=O)(=O)c1ccccc1. The summed E-state index contributed by atoms with van der Waals surface area (Å²) in [7, 11) is -4.08. The summed E-state index contributed by atoms with van der Waals surface area (Å²) in [5.74, 6) is -0.698. The number of amides is 2. The number of aryl methyl sites for hydroxylation is 3. The number of sulfonamides is 1. The fourth-order valence-corrected chi connectivity index (χ4v) is 5.94. The van der Waals surface area contributed by atoms with Crippen molar-refractivity contribution in [3.63, 3.8) is 0 Å². The summed E-state index contributed by atoms with van der Waals surface area (Å²) in [5, 5.41) is 2.90. The van der Waals surface area contributed by atoms with Crippen LogP contribution in [-0.4, -0.2) is 44.3 Å². The molecular formula is C31H39N3O4S. The first kappa shape index (κ1) is 29.9. The van der Waals surface area contributed by atoms with Crippen LogP contribution in [0.25, 0.3) is 0 Å². The summed E-state index contributed by atoms with van der Waals surface area (Å²) in [6.07, 6.45) is 1.16. The van der Waals surface area contributed by atoms with Gasteiger partial charge in [-0.2, -0.15) is 0 Å². The lowest BCUT2D eigenvalue weighted by molar-refractivity contribution is -0.140. The van der Waals surface area contributed by atoms with Gasteiger partial charge in [-0.3, -0.25) is 13.9 Å². The van der Waals surface area contributed by atoms with Gasteiger partial charge in [0.05, 0.1) is 10.6 Å². The highest BCUT2D eigenvalue weighted by atomic mass is 32.2. The van der Waals surface area contributed by atoms with E-state index in [1.807, 2.05) is 65.0 Å². The van der Waals surface area contributed by atoms with Crippen LogP contribution in [0.4, 0.5) is 5.69 Å². The van der Waals surface area contributed by atoms with Gasteiger partial charge in [0.15, 0.2) is 0 Å². The van der Waals surface area contributed by atoms with E-state index in [0.717, 1.165) is 33.0 Å². The number of carbonyl (C=O) groups is 2. The summed E-state index contributed by atoms with van der Waals surface area (Å²) in [5.41, 5.74) is 4.11. The molecule has 0 saturated carbocycles. The first-order valence-electron chi connectivity index (χ1n) is 13.4. The molecule has 2 amide bonds. The predicted octanol–water partition coefficient (Wildman–Crippen LogP) is 5.14. The van der Waals surface area contributed by atoms with Gasteiger partial charge in [0.1, 0.15) is 12.6 Å². The standard InChI is InChI=1S/C31H39N3O4S/c1-6-17-32-31(36)29(7-2)33(21-26-15-13-23(3)14-16-26)30(35)22-34(27-19-24(4)18-25(5)20-27)39(37,38)28-11-9-8-10-12-28/h8-16,18-20,29H,6-7,17,21-22H2,1-5H3,(H,32,36). The van der Waals surface area contributed by atoms with Crippen molar-refractivity contribution >= 4 is 27.5 Å². The summed E-state index contributed by atoms with van der Waals surface area (Å²) >= 11 is 0. The van der Waals surface area contributed by atoms with Crippen LogP contribution in [0, 0.1) is 20.8 Å². The molecule has 0 aliphatic carbocycles. The fraction of sp³-hybridized carbons (Fsp3) is 0.355. The molecule has 1 atom stereocenters. The third kappa shape index (κ3) is 7.69. The van der Waals surface area contributed by atoms with Crippen molar-refractivity contribution in [2.24, 2.45) is 0 Å². The highest BCUT2D eigenvalue weighted by Gasteiger charge is 2.33. The highest BCUT2D eigenvalue weighted by molar-refractivity contribution is 7.92. The third-order valence-corrected chi connectivity index (χ3v) is 8.30. The highest BCUT2D eigenvalue weighted by Crippen LogP contribution is 2.27. The van der Waals surface area contributed by atoms with E-state index < -0.39 is 28.5 Å². The van der Waals surface area contributed by atoms with E-state index in [1.165, 1.54) is 17.0 Å². The lowest BCUT2D eigenvalue weighted by atomic mass is 10.1. The number of carbonyl (C=O) groups excluding carboxylic acids is 2. The van der Waals surface area contributed by atoms with Gasteiger partial charge in [0.2, 0.25) is 11.8 Å². The summed E-state index contributed by atoms with van der Waals surface area (Å²) < 4.78 is 29.0. The Morgan fingerprint density at radius 1 is 0.846 bits per heavy atom. The van der Waals surface area contributed by atoms with Gasteiger partial charge < -0.3 is 10.2 Å². The van der Waals surface area contributed by atoms with Crippen LogP contribution in [-0.2, 0) is 26.2 Å². The molecule has 0 heterocycles. The van der Waals surface area contributed by atoms with Crippen LogP contribution in [0.5, 0.6) is 0 Å². The van der Waals surface area contributed by atoms with Crippen molar-refractivity contribution in [2.75, 3.05) is 17.4 Å². The number of hydrogen-bond donors (Lipinski definition) is 1. The Morgan fingerprint density at radius 2 is 1.46 bits per heavy atom. The van der Waals surface area contributed by atoms with Gasteiger partial charge in [0, 0.05) is 13.1 Å². The van der Waals surface area contributed by atoms with Gasteiger partial charge in [-0.1, -0.05) is 67.9 Å². The summed E-state index contributed by atoms with van der Waals surface area (Å²) in [6, 6.07) is 20.6. The van der Waals surface area contributed by atoms with E-state index in [4.69, 9.17) is 0 Å². The van der Waals surface area contributed by atoms with Crippen molar-refractivity contribution in [2.45, 2.75) is 64.9 Å². The maximum Gasteiger partial charge on any atom is 0.264 e. The smallest absolute Gasteiger partial charge is 0.264 e. The Morgan fingerprint density at radius 3 is 2.03 bits per heavy atom. The number of hydrogen-bond acceptors (Lipinski definition) is 4. The molecule has 0 aromatic heterocycles. The average Bonchev–Trinajstić information content (AvgIpc) is 2.91. The van der Waals surface area contributed by atoms with Crippen molar-refractivity contribution in [1.29, 1.82) is 0 Å². The second kappa shape index (κ2) is 13.4. The van der Waals surface area contributed by atoms with Crippen LogP contribution >= 0.6 is 0 Å². The lowest BCUT2D eigenvalue weighted by Gasteiger charge is -2.33. The molecule has 0 radical (unpaired) electrons. The van der Waals surface area contributed by atoms with Crippen molar-refractivity contribution in [1.82, 2.24) is 10.2 Å². The maximum absolute atomic E-state index is 14.1. The van der Waals surface area contributed by atoms with E-state index in [2.05, 4.69) is 5.32 Å². The van der Waals surface area contributed by atoms with Crippen LogP contribution < -0.4 is 9.62 Å². The van der Waals surface area contributed by atoms with Gasteiger partial charge in [0.25, 0.3) is 10.0 Å². The van der Waals surface area contributed by atoms with Gasteiger partial charge in [-0.05, 0) is 74.6 Å². The zero-order valence-electron chi connectivity index (χ0n) is 23.5. The van der Waals surface area contributed by atoms with Crippen LogP contribution in [0.2, 0.25) is 0 Å². The fourth-order valence-electron chi connectivity index (χ4n) is 4.52. The van der Waals surface area contributed by atoms with Crippen LogP contribution in [0.3, 0.4) is 0 Å². The van der Waals surface area contributed by atoms with Crippen LogP contribution in [0.15, 0.2) is 77.7 Å². The molecule has 0 spiro atoms. The van der Waals surface area contributed by atoms with E-state index in [-0.39, 0.29) is 17.3 Å². The average molecular weight is 550 g/mol. The summed E-state index contributed by atoms with van der Waals surface area (Å²) in [6.45, 7) is 9.82. The van der Waals surface area contributed by atoms with Crippen LogP contribution in [0.1, 0.15) is 48.9 Å². The number of nitrogens with zero attached hydrogens (tertiary/aromatic N) is 2. The number of anilines is 1. The monoisotopic (exact) mass is 549 g/mol. The zero-order chi connectivity index (χ0) is 28.6. The van der Waals surface area contributed by atoms with E-state index >= 15 is 0 Å². The Kier molecular flexibility index (Phi) is 10.3. The molecule has 3 aromatic rings. The van der Waals surface area contributed by atoms with Gasteiger partial charge >= 0.3 is 0 Å². The molecule has 0 aliphatic heterocycles. The first-order valence-corrected chi connectivity index (χ1v) is 14.8. The Labute approximate surface area is 232 Å². The predicted molar refractivity (Wildman–Crippen MR) is 156 cm³/mol. The normalized spacial score (nSPS) is 12.0. The minimum atomic E-state index is -4.08. The third-order valence-electron chi connectivity index (χ3n) is 6.51. The minimum Gasteiger partial charge on any atom is -0.354 e. The molecule has 3 rings (SSSR count). The van der Waals surface area contributed by atoms with E-state index in [0.29, 0.717) is 18.7 Å². The summed E-state index contributed by atoms with van der Waals surface area (Å²) in [4.78, 5) is 28.8. The molecule has 0 fully saturated rings. The molecular weight excluding hydrogens is 510 g/mol. The van der Waals surface area contributed by atoms with Crippen molar-refractivity contribution in [3.8, 4) is 0 Å². The van der Waals surface area contributed by atoms with E-state index in [1.54, 1.807) is 30.3 Å². The molecule has 208 valence electrons. The molecule has 3 aromatic carbocycles. The Balaban J connectivity index is 2.06. The van der Waals surface area contributed by atoms with Gasteiger partial charge in [-0.15, -0.1) is 0 Å². The molecule has 7 nitrogen and oxygen atoms in total. The topological polar surface area (TPSA) is 86.8 Å². The Hall–Kier alpha value is -3.65. The van der Waals surface area contributed by atoms with Crippen molar-refractivity contribution in [3.05, 3.63) is 95.1 Å². The largest absolute Gasteiger partial charge is 0.354 e. The number of rotatable bonds is 12. The molecule has 0 saturated heterocycles. The number of nitrogens with one attached hydrogen (secondary N) is 1.